The molecule has 1 aliphatic rings. The molecular formula is C38H48NO2PSi. The van der Waals surface area contributed by atoms with Crippen molar-refractivity contribution < 1.29 is 9.09 Å². The number of benzene rings is 4. The van der Waals surface area contributed by atoms with E-state index in [-0.39, 0.29) is 28.8 Å². The molecule has 1 aliphatic heterocycles. The Labute approximate surface area is 260 Å². The zero-order valence-electron chi connectivity index (χ0n) is 27.1. The summed E-state index contributed by atoms with van der Waals surface area (Å²) in [7, 11) is -5.68. The Kier molecular flexibility index (Phi) is 8.82. The number of rotatable bonds is 8. The molecule has 5 atom stereocenters. The van der Waals surface area contributed by atoms with Crippen molar-refractivity contribution in [3.63, 3.8) is 0 Å². The van der Waals surface area contributed by atoms with Gasteiger partial charge in [0.1, 0.15) is 11.6 Å². The maximum atomic E-state index is 16.7. The second-order valence-corrected chi connectivity index (χ2v) is 22.5. The van der Waals surface area contributed by atoms with Crippen LogP contribution in [0, 0.1) is 11.3 Å². The van der Waals surface area contributed by atoms with E-state index in [9.17, 15) is 0 Å². The predicted octanol–water partition coefficient (Wildman–Crippen LogP) is 10.6. The Morgan fingerprint density at radius 1 is 0.698 bits per heavy atom. The zero-order chi connectivity index (χ0) is 31.0. The molecule has 1 heterocycles. The molecule has 4 aromatic rings. The normalized spacial score (nSPS) is 23.2. The first-order valence-electron chi connectivity index (χ1n) is 15.6. The Hall–Kier alpha value is -2.75. The van der Waals surface area contributed by atoms with Crippen LogP contribution in [0.3, 0.4) is 0 Å². The SMILES string of the molecule is C[C@H](C([Si](C)(C)C)P1(=O)O[C@H](c2ccccc2)[C@H](C)N1C(c1ccccc1)(c1ccccc1)c1ccccc1)C(C)(C)C. The molecule has 0 bridgehead atoms. The molecule has 0 radical (unpaired) electrons. The number of hydrogen-bond acceptors (Lipinski definition) is 2. The summed E-state index contributed by atoms with van der Waals surface area (Å²) < 4.78 is 26.3. The first-order valence-corrected chi connectivity index (χ1v) is 20.8. The second kappa shape index (κ2) is 12.0. The molecule has 4 aromatic carbocycles. The van der Waals surface area contributed by atoms with E-state index in [1.165, 1.54) is 0 Å². The molecule has 5 heteroatoms. The third-order valence-electron chi connectivity index (χ3n) is 9.51. The molecule has 43 heavy (non-hydrogen) atoms. The van der Waals surface area contributed by atoms with E-state index in [1.807, 2.05) is 6.07 Å². The summed E-state index contributed by atoms with van der Waals surface area (Å²) in [6.07, 6.45) is -0.339. The van der Waals surface area contributed by atoms with Gasteiger partial charge in [0, 0.05) is 11.3 Å². The molecule has 0 aliphatic carbocycles. The second-order valence-electron chi connectivity index (χ2n) is 14.4. The maximum absolute atomic E-state index is 16.7. The van der Waals surface area contributed by atoms with Crippen molar-refractivity contribution in [3.8, 4) is 0 Å². The van der Waals surface area contributed by atoms with Gasteiger partial charge in [0.25, 0.3) is 7.52 Å². The Morgan fingerprint density at radius 2 is 1.07 bits per heavy atom. The van der Waals surface area contributed by atoms with Gasteiger partial charge in [-0.15, -0.1) is 0 Å². The van der Waals surface area contributed by atoms with Crippen LogP contribution in [0.4, 0.5) is 0 Å². The molecule has 0 aromatic heterocycles. The fourth-order valence-corrected chi connectivity index (χ4v) is 17.3. The Bertz CT molecular complexity index is 1430. The quantitative estimate of drug-likeness (QED) is 0.113. The van der Waals surface area contributed by atoms with Crippen LogP contribution in [0.5, 0.6) is 0 Å². The van der Waals surface area contributed by atoms with Gasteiger partial charge < -0.3 is 4.52 Å². The molecule has 0 saturated carbocycles. The van der Waals surface area contributed by atoms with E-state index in [1.54, 1.807) is 0 Å². The van der Waals surface area contributed by atoms with Gasteiger partial charge in [-0.2, -0.15) is 0 Å². The minimum absolute atomic E-state index is 0.0552. The van der Waals surface area contributed by atoms with Crippen LogP contribution in [0.1, 0.15) is 63.0 Å². The highest BCUT2D eigenvalue weighted by molar-refractivity contribution is 7.60. The third-order valence-corrected chi connectivity index (χ3v) is 18.0. The van der Waals surface area contributed by atoms with E-state index in [4.69, 9.17) is 4.52 Å². The molecule has 1 saturated heterocycles. The summed E-state index contributed by atoms with van der Waals surface area (Å²) >= 11 is 0. The van der Waals surface area contributed by atoms with Crippen LogP contribution in [-0.4, -0.2) is 24.1 Å². The average Bonchev–Trinajstić information content (AvgIpc) is 3.25. The van der Waals surface area contributed by atoms with Crippen molar-refractivity contribution in [2.75, 3.05) is 0 Å². The fourth-order valence-electron chi connectivity index (χ4n) is 7.31. The van der Waals surface area contributed by atoms with Crippen LogP contribution in [0.2, 0.25) is 19.6 Å². The van der Waals surface area contributed by atoms with Gasteiger partial charge in [0.15, 0.2) is 0 Å². The maximum Gasteiger partial charge on any atom is 0.275 e. The number of hydrogen-bond donors (Lipinski definition) is 0. The zero-order valence-corrected chi connectivity index (χ0v) is 29.0. The molecule has 2 unspecified atom stereocenters. The van der Waals surface area contributed by atoms with Gasteiger partial charge >= 0.3 is 0 Å². The van der Waals surface area contributed by atoms with Crippen molar-refractivity contribution >= 4 is 15.6 Å². The molecule has 1 fully saturated rings. The Morgan fingerprint density at radius 3 is 1.42 bits per heavy atom. The topological polar surface area (TPSA) is 29.5 Å². The van der Waals surface area contributed by atoms with E-state index in [0.29, 0.717) is 0 Å². The van der Waals surface area contributed by atoms with Crippen LogP contribution in [-0.2, 0) is 14.6 Å². The van der Waals surface area contributed by atoms with Gasteiger partial charge in [0.05, 0.1) is 8.07 Å². The van der Waals surface area contributed by atoms with E-state index >= 15 is 4.57 Å². The summed E-state index contributed by atoms with van der Waals surface area (Å²) in [4.78, 5) is 0. The Balaban J connectivity index is 1.93. The highest BCUT2D eigenvalue weighted by Gasteiger charge is 2.65. The van der Waals surface area contributed by atoms with Gasteiger partial charge in [-0.25, -0.2) is 4.67 Å². The van der Waals surface area contributed by atoms with E-state index < -0.39 is 21.1 Å². The van der Waals surface area contributed by atoms with E-state index in [2.05, 4.69) is 174 Å². The molecule has 226 valence electrons. The molecule has 0 amide bonds. The number of nitrogens with zero attached hydrogens (tertiary/aromatic N) is 1. The fraction of sp³-hybridized carbons (Fsp3) is 0.368. The van der Waals surface area contributed by atoms with Crippen LogP contribution in [0.15, 0.2) is 121 Å². The molecule has 0 spiro atoms. The van der Waals surface area contributed by atoms with Gasteiger partial charge in [-0.3, -0.25) is 4.57 Å². The molecule has 3 nitrogen and oxygen atoms in total. The molecule has 0 N–H and O–H groups in total. The first kappa shape index (κ1) is 31.7. The summed E-state index contributed by atoms with van der Waals surface area (Å²) in [6, 6.07) is 42.2. The summed E-state index contributed by atoms with van der Waals surface area (Å²) in [5.74, 6) is 0.161. The van der Waals surface area contributed by atoms with Crippen molar-refractivity contribution in [1.82, 2.24) is 4.67 Å². The minimum atomic E-state index is -3.56. The summed E-state index contributed by atoms with van der Waals surface area (Å²) in [6.45, 7) is 18.5. The van der Waals surface area contributed by atoms with Gasteiger partial charge in [-0.05, 0) is 40.5 Å². The predicted molar refractivity (Wildman–Crippen MR) is 184 cm³/mol. The minimum Gasteiger partial charge on any atom is -0.307 e. The lowest BCUT2D eigenvalue weighted by atomic mass is 9.76. The van der Waals surface area contributed by atoms with Crippen molar-refractivity contribution in [2.45, 2.75) is 77.2 Å². The third kappa shape index (κ3) is 5.64. The average molecular weight is 610 g/mol. The van der Waals surface area contributed by atoms with Crippen molar-refractivity contribution in [3.05, 3.63) is 144 Å². The van der Waals surface area contributed by atoms with Crippen molar-refractivity contribution in [2.24, 2.45) is 11.3 Å². The van der Waals surface area contributed by atoms with Gasteiger partial charge in [0.2, 0.25) is 0 Å². The lowest BCUT2D eigenvalue weighted by Crippen LogP contribution is -2.54. The lowest BCUT2D eigenvalue weighted by Gasteiger charge is -2.52. The van der Waals surface area contributed by atoms with Crippen molar-refractivity contribution in [1.29, 1.82) is 0 Å². The molecular weight excluding hydrogens is 561 g/mol. The highest BCUT2D eigenvalue weighted by Crippen LogP contribution is 2.74. The van der Waals surface area contributed by atoms with Crippen LogP contribution >= 0.6 is 7.52 Å². The van der Waals surface area contributed by atoms with Gasteiger partial charge in [-0.1, -0.05) is 169 Å². The largest absolute Gasteiger partial charge is 0.307 e. The van der Waals surface area contributed by atoms with Crippen LogP contribution in [0.25, 0.3) is 0 Å². The lowest BCUT2D eigenvalue weighted by molar-refractivity contribution is 0.177. The smallest absolute Gasteiger partial charge is 0.275 e. The summed E-state index contributed by atoms with van der Waals surface area (Å²) in [5, 5.41) is -0.105. The van der Waals surface area contributed by atoms with Crippen LogP contribution < -0.4 is 0 Å². The first-order chi connectivity index (χ1) is 20.3. The molecule has 5 rings (SSSR count). The highest BCUT2D eigenvalue weighted by atomic mass is 31.2. The monoisotopic (exact) mass is 609 g/mol. The summed E-state index contributed by atoms with van der Waals surface area (Å²) in [5.41, 5.74) is 3.44. The standard InChI is InChI=1S/C38H48NO2PSi/c1-29(37(3,4)5)36(43(6,7)8)42(40)39(30(2)35(41-42)31-21-13-9-14-22-31)38(32-23-15-10-16-24-32,33-25-17-11-18-26-33)34-27-19-12-20-28-34/h9-30,35-36H,1-8H3/t29-,30+,35+,36?,42?/m1/s1. The van der Waals surface area contributed by atoms with E-state index in [0.717, 1.165) is 22.3 Å².